The quantitative estimate of drug-likeness (QED) is 0.641. The molecule has 0 spiro atoms. The molecule has 7 nitrogen and oxygen atoms in total. The van der Waals surface area contributed by atoms with Crippen LogP contribution in [0, 0.1) is 5.82 Å². The number of thioether (sulfide) groups is 1. The Hall–Kier alpha value is -3.33. The Morgan fingerprint density at radius 1 is 1.26 bits per heavy atom. The molecule has 0 unspecified atom stereocenters. The Kier molecular flexibility index (Phi) is 6.96. The van der Waals surface area contributed by atoms with Gasteiger partial charge < -0.3 is 14.6 Å². The van der Waals surface area contributed by atoms with E-state index >= 15 is 0 Å². The number of nitrogens with zero attached hydrogens (tertiary/aromatic N) is 2. The van der Waals surface area contributed by atoms with E-state index < -0.39 is 12.1 Å². The number of halogens is 1. The molecule has 1 aliphatic rings. The molecule has 2 aromatic carbocycles. The minimum absolute atomic E-state index is 0.188. The summed E-state index contributed by atoms with van der Waals surface area (Å²) in [6, 6.07) is 10.7. The van der Waals surface area contributed by atoms with Crippen molar-refractivity contribution in [1.82, 2.24) is 4.90 Å². The normalized spacial score (nSPS) is 17.3. The predicted molar refractivity (Wildman–Crippen MR) is 117 cm³/mol. The molecule has 1 amide bonds. The molecule has 0 saturated carbocycles. The molecule has 0 radical (unpaired) electrons. The Balaban J connectivity index is 1.88. The Bertz CT molecular complexity index is 1050. The molecule has 1 fully saturated rings. The Morgan fingerprint density at radius 2 is 1.97 bits per heavy atom. The highest BCUT2D eigenvalue weighted by molar-refractivity contribution is 8.18. The Morgan fingerprint density at radius 3 is 2.58 bits per heavy atom. The van der Waals surface area contributed by atoms with Gasteiger partial charge in [-0.15, -0.1) is 0 Å². The van der Waals surface area contributed by atoms with E-state index in [1.807, 2.05) is 6.92 Å². The molecule has 1 saturated heterocycles. The standard InChI is InChI=1S/C22H21FN2O5S/c1-4-25-20(26)19(31-22(25)24-16-8-6-15(23)7-9-16)12-14-5-10-17(18(11-14)29-3)30-13(2)21(27)28/h5-13H,4H2,1-3H3,(H,27,28)/b19-12-,24-22?/t13-/m1/s1. The second-order valence-electron chi connectivity index (χ2n) is 6.54. The van der Waals surface area contributed by atoms with Gasteiger partial charge in [-0.1, -0.05) is 6.07 Å². The van der Waals surface area contributed by atoms with Crippen LogP contribution in [-0.2, 0) is 9.59 Å². The SMILES string of the molecule is CCN1C(=O)/C(=C/c2ccc(O[C@H](C)C(=O)O)c(OC)c2)SC1=Nc1ccc(F)cc1. The third kappa shape index (κ3) is 5.24. The van der Waals surface area contributed by atoms with E-state index in [-0.39, 0.29) is 11.7 Å². The lowest BCUT2D eigenvalue weighted by Crippen LogP contribution is -2.28. The van der Waals surface area contributed by atoms with Gasteiger partial charge in [-0.05, 0) is 73.6 Å². The third-order valence-corrected chi connectivity index (χ3v) is 5.40. The summed E-state index contributed by atoms with van der Waals surface area (Å²) >= 11 is 1.22. The molecule has 1 N–H and O–H groups in total. The molecular formula is C22H21FN2O5S. The zero-order valence-corrected chi connectivity index (χ0v) is 18.0. The summed E-state index contributed by atoms with van der Waals surface area (Å²) in [5.74, 6) is -0.990. The molecule has 2 aromatic rings. The van der Waals surface area contributed by atoms with E-state index in [4.69, 9.17) is 14.6 Å². The number of aliphatic carboxylic acids is 1. The van der Waals surface area contributed by atoms with Crippen molar-refractivity contribution in [2.45, 2.75) is 20.0 Å². The lowest BCUT2D eigenvalue weighted by atomic mass is 10.2. The van der Waals surface area contributed by atoms with Gasteiger partial charge in [-0.3, -0.25) is 9.69 Å². The van der Waals surface area contributed by atoms with Crippen molar-refractivity contribution in [2.24, 2.45) is 4.99 Å². The lowest BCUT2D eigenvalue weighted by Gasteiger charge is -2.14. The second-order valence-corrected chi connectivity index (χ2v) is 7.55. The van der Waals surface area contributed by atoms with E-state index in [1.54, 1.807) is 41.3 Å². The van der Waals surface area contributed by atoms with E-state index in [0.29, 0.717) is 39.4 Å². The van der Waals surface area contributed by atoms with Crippen molar-refractivity contribution in [2.75, 3.05) is 13.7 Å². The van der Waals surface area contributed by atoms with Crippen LogP contribution in [0.25, 0.3) is 6.08 Å². The number of carboxylic acid groups (broad SMARTS) is 1. The Labute approximate surface area is 183 Å². The van der Waals surface area contributed by atoms with Gasteiger partial charge >= 0.3 is 5.97 Å². The number of hydrogen-bond acceptors (Lipinski definition) is 6. The molecule has 31 heavy (non-hydrogen) atoms. The molecule has 0 aromatic heterocycles. The van der Waals surface area contributed by atoms with Gasteiger partial charge in [0.1, 0.15) is 5.82 Å². The number of hydrogen-bond donors (Lipinski definition) is 1. The number of carbonyl (C=O) groups is 2. The molecule has 9 heteroatoms. The van der Waals surface area contributed by atoms with Gasteiger partial charge in [0.15, 0.2) is 22.8 Å². The van der Waals surface area contributed by atoms with Crippen LogP contribution in [0.2, 0.25) is 0 Å². The van der Waals surface area contributed by atoms with Crippen molar-refractivity contribution >= 4 is 40.6 Å². The van der Waals surface area contributed by atoms with Gasteiger partial charge in [0.2, 0.25) is 0 Å². The summed E-state index contributed by atoms with van der Waals surface area (Å²) in [6.07, 6.45) is 0.670. The number of carboxylic acids is 1. The first-order valence-electron chi connectivity index (χ1n) is 9.45. The zero-order valence-electron chi connectivity index (χ0n) is 17.2. The third-order valence-electron chi connectivity index (χ3n) is 4.39. The average Bonchev–Trinajstić information content (AvgIpc) is 3.04. The van der Waals surface area contributed by atoms with Gasteiger partial charge in [-0.2, -0.15) is 0 Å². The monoisotopic (exact) mass is 444 g/mol. The maximum Gasteiger partial charge on any atom is 0.344 e. The molecule has 1 heterocycles. The number of aliphatic imine (C=N–C) groups is 1. The number of benzene rings is 2. The van der Waals surface area contributed by atoms with Crippen LogP contribution >= 0.6 is 11.8 Å². The van der Waals surface area contributed by atoms with Crippen LogP contribution in [0.5, 0.6) is 11.5 Å². The van der Waals surface area contributed by atoms with Gasteiger partial charge in [-0.25, -0.2) is 14.2 Å². The minimum atomic E-state index is -1.09. The van der Waals surface area contributed by atoms with Gasteiger partial charge in [0.25, 0.3) is 5.91 Å². The van der Waals surface area contributed by atoms with Crippen molar-refractivity contribution in [3.05, 3.63) is 58.8 Å². The molecule has 162 valence electrons. The fraction of sp³-hybridized carbons (Fsp3) is 0.227. The number of amides is 1. The van der Waals surface area contributed by atoms with Gasteiger partial charge in [0, 0.05) is 6.54 Å². The van der Waals surface area contributed by atoms with Gasteiger partial charge in [0.05, 0.1) is 17.7 Å². The average molecular weight is 444 g/mol. The van der Waals surface area contributed by atoms with E-state index in [1.165, 1.54) is 37.9 Å². The number of rotatable bonds is 7. The van der Waals surface area contributed by atoms with Crippen LogP contribution in [-0.4, -0.2) is 46.8 Å². The highest BCUT2D eigenvalue weighted by Crippen LogP contribution is 2.36. The largest absolute Gasteiger partial charge is 0.493 e. The maximum absolute atomic E-state index is 13.1. The van der Waals surface area contributed by atoms with Crippen LogP contribution < -0.4 is 9.47 Å². The smallest absolute Gasteiger partial charge is 0.344 e. The number of carbonyl (C=O) groups excluding carboxylic acids is 1. The highest BCUT2D eigenvalue weighted by Gasteiger charge is 2.32. The van der Waals surface area contributed by atoms with Crippen molar-refractivity contribution in [1.29, 1.82) is 0 Å². The van der Waals surface area contributed by atoms with Crippen LogP contribution in [0.4, 0.5) is 10.1 Å². The minimum Gasteiger partial charge on any atom is -0.493 e. The summed E-state index contributed by atoms with van der Waals surface area (Å²) < 4.78 is 23.8. The lowest BCUT2D eigenvalue weighted by molar-refractivity contribution is -0.144. The summed E-state index contributed by atoms with van der Waals surface area (Å²) in [7, 11) is 1.45. The van der Waals surface area contributed by atoms with E-state index in [9.17, 15) is 14.0 Å². The van der Waals surface area contributed by atoms with Crippen molar-refractivity contribution in [3.8, 4) is 11.5 Å². The molecule has 0 bridgehead atoms. The van der Waals surface area contributed by atoms with E-state index in [0.717, 1.165) is 0 Å². The molecule has 0 aliphatic carbocycles. The van der Waals surface area contributed by atoms with Crippen LogP contribution in [0.3, 0.4) is 0 Å². The first kappa shape index (κ1) is 22.4. The summed E-state index contributed by atoms with van der Waals surface area (Å²) in [5, 5.41) is 9.53. The summed E-state index contributed by atoms with van der Waals surface area (Å²) in [4.78, 5) is 30.3. The molecular weight excluding hydrogens is 423 g/mol. The first-order chi connectivity index (χ1) is 14.8. The zero-order chi connectivity index (χ0) is 22.5. The molecule has 1 aliphatic heterocycles. The summed E-state index contributed by atoms with van der Waals surface area (Å²) in [5.41, 5.74) is 1.23. The predicted octanol–water partition coefficient (Wildman–Crippen LogP) is 4.31. The molecule has 3 rings (SSSR count). The second kappa shape index (κ2) is 9.65. The summed E-state index contributed by atoms with van der Waals surface area (Å²) in [6.45, 7) is 3.71. The van der Waals surface area contributed by atoms with Crippen molar-refractivity contribution < 1.29 is 28.6 Å². The fourth-order valence-corrected chi connectivity index (χ4v) is 3.82. The number of likely N-dealkylation sites (N-methyl/N-ethyl adjacent to an activating group) is 1. The fourth-order valence-electron chi connectivity index (χ4n) is 2.76. The number of methoxy groups -OCH3 is 1. The number of ether oxygens (including phenoxy) is 2. The highest BCUT2D eigenvalue weighted by atomic mass is 32.2. The number of amidine groups is 1. The topological polar surface area (TPSA) is 88.4 Å². The van der Waals surface area contributed by atoms with Crippen molar-refractivity contribution in [3.63, 3.8) is 0 Å². The van der Waals surface area contributed by atoms with Crippen LogP contribution in [0.1, 0.15) is 19.4 Å². The van der Waals surface area contributed by atoms with Crippen LogP contribution in [0.15, 0.2) is 52.4 Å². The van der Waals surface area contributed by atoms with E-state index in [2.05, 4.69) is 4.99 Å². The maximum atomic E-state index is 13.1. The first-order valence-corrected chi connectivity index (χ1v) is 10.3. The molecule has 1 atom stereocenters.